The second-order valence-electron chi connectivity index (χ2n) is 4.96. The van der Waals surface area contributed by atoms with Gasteiger partial charge in [0.2, 0.25) is 0 Å². The number of methoxy groups -OCH3 is 1. The standard InChI is InChI=1S/C16H19NOS/c1-17-15(16-14(18-2)8-9-19-16)13-7-6-11-4-3-5-12(11)10-13/h6-10,15,17H,3-5H2,1-2H3. The molecular weight excluding hydrogens is 254 g/mol. The Labute approximate surface area is 118 Å². The summed E-state index contributed by atoms with van der Waals surface area (Å²) in [6, 6.07) is 9.17. The Morgan fingerprint density at radius 3 is 2.84 bits per heavy atom. The monoisotopic (exact) mass is 273 g/mol. The van der Waals surface area contributed by atoms with E-state index in [-0.39, 0.29) is 6.04 Å². The fourth-order valence-corrected chi connectivity index (χ4v) is 3.90. The van der Waals surface area contributed by atoms with Gasteiger partial charge < -0.3 is 10.1 Å². The van der Waals surface area contributed by atoms with Crippen molar-refractivity contribution >= 4 is 11.3 Å². The number of fused-ring (bicyclic) bond motifs is 1. The van der Waals surface area contributed by atoms with Gasteiger partial charge in [-0.1, -0.05) is 18.2 Å². The van der Waals surface area contributed by atoms with Crippen LogP contribution in [0.4, 0.5) is 0 Å². The number of ether oxygens (including phenoxy) is 1. The van der Waals surface area contributed by atoms with Crippen molar-refractivity contribution in [3.8, 4) is 5.75 Å². The average molecular weight is 273 g/mol. The fraction of sp³-hybridized carbons (Fsp3) is 0.375. The summed E-state index contributed by atoms with van der Waals surface area (Å²) >= 11 is 1.75. The highest BCUT2D eigenvalue weighted by atomic mass is 32.1. The maximum atomic E-state index is 5.45. The molecule has 19 heavy (non-hydrogen) atoms. The zero-order chi connectivity index (χ0) is 13.2. The lowest BCUT2D eigenvalue weighted by molar-refractivity contribution is 0.408. The lowest BCUT2D eigenvalue weighted by Crippen LogP contribution is -2.17. The Hall–Kier alpha value is -1.32. The smallest absolute Gasteiger partial charge is 0.134 e. The molecule has 2 nitrogen and oxygen atoms in total. The molecule has 0 saturated heterocycles. The molecule has 1 aliphatic carbocycles. The van der Waals surface area contributed by atoms with Crippen LogP contribution >= 0.6 is 11.3 Å². The topological polar surface area (TPSA) is 21.3 Å². The van der Waals surface area contributed by atoms with E-state index in [0.717, 1.165) is 5.75 Å². The van der Waals surface area contributed by atoms with Gasteiger partial charge in [0.25, 0.3) is 0 Å². The highest BCUT2D eigenvalue weighted by Gasteiger charge is 2.20. The second kappa shape index (κ2) is 5.35. The number of hydrogen-bond acceptors (Lipinski definition) is 3. The minimum Gasteiger partial charge on any atom is -0.496 e. The molecule has 3 rings (SSSR count). The van der Waals surface area contributed by atoms with E-state index in [4.69, 9.17) is 4.74 Å². The van der Waals surface area contributed by atoms with E-state index in [0.29, 0.717) is 0 Å². The molecule has 100 valence electrons. The molecule has 3 heteroatoms. The Kier molecular flexibility index (Phi) is 3.58. The molecule has 1 aromatic carbocycles. The van der Waals surface area contributed by atoms with Gasteiger partial charge in [0.05, 0.1) is 18.0 Å². The van der Waals surface area contributed by atoms with Gasteiger partial charge in [-0.25, -0.2) is 0 Å². The van der Waals surface area contributed by atoms with Crippen molar-refractivity contribution in [2.24, 2.45) is 0 Å². The van der Waals surface area contributed by atoms with Gasteiger partial charge >= 0.3 is 0 Å². The Morgan fingerprint density at radius 2 is 2.05 bits per heavy atom. The van der Waals surface area contributed by atoms with E-state index in [1.54, 1.807) is 18.4 Å². The number of benzene rings is 1. The third-order valence-electron chi connectivity index (χ3n) is 3.88. The van der Waals surface area contributed by atoms with Crippen LogP contribution in [-0.4, -0.2) is 14.2 Å². The molecule has 2 aromatic rings. The molecule has 0 amide bonds. The first-order valence-electron chi connectivity index (χ1n) is 6.74. The van der Waals surface area contributed by atoms with E-state index in [1.807, 2.05) is 13.1 Å². The molecule has 1 aliphatic rings. The largest absolute Gasteiger partial charge is 0.496 e. The molecule has 1 N–H and O–H groups in total. The first-order valence-corrected chi connectivity index (χ1v) is 7.62. The zero-order valence-electron chi connectivity index (χ0n) is 11.4. The molecule has 0 spiro atoms. The summed E-state index contributed by atoms with van der Waals surface area (Å²) in [5.74, 6) is 0.977. The van der Waals surface area contributed by atoms with Crippen LogP contribution in [0.15, 0.2) is 29.6 Å². The normalized spacial score (nSPS) is 15.3. The summed E-state index contributed by atoms with van der Waals surface area (Å²) in [7, 11) is 3.75. The van der Waals surface area contributed by atoms with Gasteiger partial charge in [-0.3, -0.25) is 0 Å². The van der Waals surface area contributed by atoms with Crippen LogP contribution in [0.25, 0.3) is 0 Å². The average Bonchev–Trinajstić information content (AvgIpc) is 3.07. The number of thiophene rings is 1. The molecular formula is C16H19NOS. The van der Waals surface area contributed by atoms with Crippen LogP contribution in [0.2, 0.25) is 0 Å². The lowest BCUT2D eigenvalue weighted by Gasteiger charge is -2.18. The number of rotatable bonds is 4. The predicted molar refractivity (Wildman–Crippen MR) is 80.2 cm³/mol. The molecule has 1 atom stereocenters. The Morgan fingerprint density at radius 1 is 1.21 bits per heavy atom. The van der Waals surface area contributed by atoms with Gasteiger partial charge in [0.15, 0.2) is 0 Å². The quantitative estimate of drug-likeness (QED) is 0.919. The van der Waals surface area contributed by atoms with Crippen molar-refractivity contribution in [2.75, 3.05) is 14.2 Å². The number of nitrogens with one attached hydrogen (secondary N) is 1. The highest BCUT2D eigenvalue weighted by molar-refractivity contribution is 7.10. The summed E-state index contributed by atoms with van der Waals surface area (Å²) in [6.07, 6.45) is 3.76. The lowest BCUT2D eigenvalue weighted by atomic mass is 10.00. The SMILES string of the molecule is CNC(c1ccc2c(c1)CCC2)c1sccc1OC. The predicted octanol–water partition coefficient (Wildman–Crippen LogP) is 3.55. The minimum atomic E-state index is 0.223. The highest BCUT2D eigenvalue weighted by Crippen LogP contribution is 2.36. The molecule has 0 saturated carbocycles. The van der Waals surface area contributed by atoms with E-state index < -0.39 is 0 Å². The summed E-state index contributed by atoms with van der Waals surface area (Å²) < 4.78 is 5.45. The molecule has 1 aromatic heterocycles. The molecule has 0 fully saturated rings. The third kappa shape index (κ3) is 2.28. The van der Waals surface area contributed by atoms with E-state index >= 15 is 0 Å². The summed E-state index contributed by atoms with van der Waals surface area (Å²) in [5, 5.41) is 5.51. The third-order valence-corrected chi connectivity index (χ3v) is 4.85. The molecule has 1 heterocycles. The summed E-state index contributed by atoms with van der Waals surface area (Å²) in [6.45, 7) is 0. The van der Waals surface area contributed by atoms with Gasteiger partial charge in [-0.2, -0.15) is 0 Å². The first-order chi connectivity index (χ1) is 9.33. The van der Waals surface area contributed by atoms with Crippen molar-refractivity contribution < 1.29 is 4.74 Å². The van der Waals surface area contributed by atoms with Crippen LogP contribution < -0.4 is 10.1 Å². The molecule has 0 radical (unpaired) electrons. The van der Waals surface area contributed by atoms with Crippen LogP contribution in [-0.2, 0) is 12.8 Å². The number of aryl methyl sites for hydroxylation is 2. The van der Waals surface area contributed by atoms with Crippen molar-refractivity contribution in [1.29, 1.82) is 0 Å². The van der Waals surface area contributed by atoms with Crippen LogP contribution in [0.3, 0.4) is 0 Å². The van der Waals surface area contributed by atoms with Crippen LogP contribution in [0.1, 0.15) is 34.0 Å². The second-order valence-corrected chi connectivity index (χ2v) is 5.90. The molecule has 0 bridgehead atoms. The molecule has 0 aliphatic heterocycles. The van der Waals surface area contributed by atoms with Crippen molar-refractivity contribution in [2.45, 2.75) is 25.3 Å². The minimum absolute atomic E-state index is 0.223. The van der Waals surface area contributed by atoms with Crippen LogP contribution in [0.5, 0.6) is 5.75 Å². The van der Waals surface area contributed by atoms with Gasteiger partial charge in [0.1, 0.15) is 5.75 Å². The van der Waals surface area contributed by atoms with Crippen molar-refractivity contribution in [1.82, 2.24) is 5.32 Å². The zero-order valence-corrected chi connectivity index (χ0v) is 12.2. The van der Waals surface area contributed by atoms with Crippen LogP contribution in [0, 0.1) is 0 Å². The van der Waals surface area contributed by atoms with Gasteiger partial charge in [-0.05, 0) is 54.4 Å². The van der Waals surface area contributed by atoms with E-state index in [2.05, 4.69) is 28.9 Å². The van der Waals surface area contributed by atoms with Crippen molar-refractivity contribution in [3.63, 3.8) is 0 Å². The van der Waals surface area contributed by atoms with Gasteiger partial charge in [-0.15, -0.1) is 11.3 Å². The molecule has 1 unspecified atom stereocenters. The van der Waals surface area contributed by atoms with Crippen molar-refractivity contribution in [3.05, 3.63) is 51.2 Å². The van der Waals surface area contributed by atoms with Gasteiger partial charge in [0, 0.05) is 0 Å². The fourth-order valence-electron chi connectivity index (χ4n) is 2.91. The summed E-state index contributed by atoms with van der Waals surface area (Å²) in [4.78, 5) is 1.25. The maximum absolute atomic E-state index is 5.45. The van der Waals surface area contributed by atoms with E-state index in [1.165, 1.54) is 40.8 Å². The Bertz CT molecular complexity index is 576. The summed E-state index contributed by atoms with van der Waals surface area (Å²) in [5.41, 5.74) is 4.38. The number of hydrogen-bond donors (Lipinski definition) is 1. The maximum Gasteiger partial charge on any atom is 0.134 e. The van der Waals surface area contributed by atoms with E-state index in [9.17, 15) is 0 Å². The first kappa shape index (κ1) is 12.7. The Balaban J connectivity index is 1.98.